The minimum Gasteiger partial charge on any atom is -0.481 e. The van der Waals surface area contributed by atoms with E-state index >= 15 is 0 Å². The molecule has 0 radical (unpaired) electrons. The minimum absolute atomic E-state index is 0.539. The van der Waals surface area contributed by atoms with Crippen LogP contribution in [-0.4, -0.2) is 54.9 Å². The van der Waals surface area contributed by atoms with Gasteiger partial charge >= 0.3 is 0 Å². The van der Waals surface area contributed by atoms with Crippen molar-refractivity contribution in [2.45, 2.75) is 19.1 Å². The first-order chi connectivity index (χ1) is 8.43. The lowest BCUT2D eigenvalue weighted by Gasteiger charge is -2.27. The van der Waals surface area contributed by atoms with Crippen molar-refractivity contribution in [3.63, 3.8) is 0 Å². The first-order valence-corrected chi connectivity index (χ1v) is 6.00. The van der Waals surface area contributed by atoms with Crippen molar-refractivity contribution in [2.75, 3.05) is 34.3 Å². The van der Waals surface area contributed by atoms with Crippen molar-refractivity contribution >= 4 is 0 Å². The summed E-state index contributed by atoms with van der Waals surface area (Å²) in [4.78, 5) is 6.10. The molecule has 18 heavy (non-hydrogen) atoms. The number of aromatic nitrogens is 1. The van der Waals surface area contributed by atoms with Crippen LogP contribution in [0.2, 0.25) is 0 Å². The Kier molecular flexibility index (Phi) is 5.53. The van der Waals surface area contributed by atoms with Crippen LogP contribution in [0.3, 0.4) is 0 Å². The summed E-state index contributed by atoms with van der Waals surface area (Å²) < 4.78 is 4.99. The van der Waals surface area contributed by atoms with Crippen LogP contribution >= 0.6 is 0 Å². The highest BCUT2D eigenvalue weighted by atomic mass is 16.5. The molecule has 1 atom stereocenters. The predicted molar refractivity (Wildman–Crippen MR) is 71.7 cm³/mol. The summed E-state index contributed by atoms with van der Waals surface area (Å²) in [6.07, 6.45) is 1.77. The quantitative estimate of drug-likeness (QED) is 0.741. The highest BCUT2D eigenvalue weighted by Crippen LogP contribution is 2.07. The molecule has 0 saturated carbocycles. The third kappa shape index (κ3) is 5.44. The lowest BCUT2D eigenvalue weighted by Crippen LogP contribution is -2.45. The second-order valence-electron chi connectivity index (χ2n) is 5.05. The molecule has 1 unspecified atom stereocenters. The molecule has 2 N–H and O–H groups in total. The van der Waals surface area contributed by atoms with Crippen LogP contribution in [0.15, 0.2) is 18.3 Å². The molecule has 0 amide bonds. The Bertz CT molecular complexity index is 350. The van der Waals surface area contributed by atoms with Crippen molar-refractivity contribution in [3.05, 3.63) is 23.9 Å². The van der Waals surface area contributed by atoms with Gasteiger partial charge in [0, 0.05) is 31.9 Å². The molecule has 0 aliphatic heterocycles. The number of pyridine rings is 1. The molecule has 1 heterocycles. The molecule has 102 valence electrons. The second kappa shape index (κ2) is 6.68. The van der Waals surface area contributed by atoms with E-state index in [1.54, 1.807) is 13.3 Å². The van der Waals surface area contributed by atoms with Crippen LogP contribution in [0.4, 0.5) is 0 Å². The third-order valence-electron chi connectivity index (χ3n) is 2.50. The number of ether oxygens (including phenoxy) is 1. The van der Waals surface area contributed by atoms with Crippen LogP contribution in [0, 0.1) is 0 Å². The molecular weight excluding hydrogens is 230 g/mol. The number of methoxy groups -OCH3 is 1. The monoisotopic (exact) mass is 253 g/mol. The van der Waals surface area contributed by atoms with Crippen LogP contribution in [0.1, 0.15) is 12.5 Å². The van der Waals surface area contributed by atoms with E-state index in [1.807, 2.05) is 38.1 Å². The SMILES string of the molecule is COc1ccc(CNCC(C)(O)CN(C)C)cn1. The summed E-state index contributed by atoms with van der Waals surface area (Å²) in [6, 6.07) is 3.79. The fraction of sp³-hybridized carbons (Fsp3) is 0.615. The molecule has 1 aromatic heterocycles. The fourth-order valence-corrected chi connectivity index (χ4v) is 1.85. The van der Waals surface area contributed by atoms with E-state index in [4.69, 9.17) is 4.74 Å². The third-order valence-corrected chi connectivity index (χ3v) is 2.50. The number of likely N-dealkylation sites (N-methyl/N-ethyl adjacent to an activating group) is 1. The second-order valence-corrected chi connectivity index (χ2v) is 5.05. The zero-order valence-corrected chi connectivity index (χ0v) is 11.6. The average Bonchev–Trinajstić information content (AvgIpc) is 2.28. The maximum absolute atomic E-state index is 10.1. The van der Waals surface area contributed by atoms with Gasteiger partial charge in [0.1, 0.15) is 0 Å². The maximum atomic E-state index is 10.1. The molecule has 0 aliphatic rings. The van der Waals surface area contributed by atoms with E-state index in [9.17, 15) is 5.11 Å². The first-order valence-electron chi connectivity index (χ1n) is 6.00. The standard InChI is InChI=1S/C13H23N3O2/c1-13(17,10-16(2)3)9-14-7-11-5-6-12(18-4)15-8-11/h5-6,8,14,17H,7,9-10H2,1-4H3. The van der Waals surface area contributed by atoms with Crippen molar-refractivity contribution in [3.8, 4) is 5.88 Å². The van der Waals surface area contributed by atoms with Crippen molar-refractivity contribution in [1.29, 1.82) is 0 Å². The van der Waals surface area contributed by atoms with Gasteiger partial charge in [-0.05, 0) is 26.6 Å². The molecule has 0 aliphatic carbocycles. The predicted octanol–water partition coefficient (Wildman–Crippen LogP) is 0.492. The van der Waals surface area contributed by atoms with Gasteiger partial charge in [0.15, 0.2) is 0 Å². The minimum atomic E-state index is -0.733. The van der Waals surface area contributed by atoms with Crippen molar-refractivity contribution < 1.29 is 9.84 Å². The number of aliphatic hydroxyl groups is 1. The van der Waals surface area contributed by atoms with E-state index in [0.29, 0.717) is 25.5 Å². The molecule has 5 nitrogen and oxygen atoms in total. The van der Waals surface area contributed by atoms with Gasteiger partial charge in [-0.15, -0.1) is 0 Å². The average molecular weight is 253 g/mol. The summed E-state index contributed by atoms with van der Waals surface area (Å²) in [5.74, 6) is 0.610. The molecule has 1 aromatic rings. The Morgan fingerprint density at radius 2 is 2.17 bits per heavy atom. The normalized spacial score (nSPS) is 14.6. The zero-order chi connectivity index (χ0) is 13.6. The van der Waals surface area contributed by atoms with Crippen molar-refractivity contribution in [1.82, 2.24) is 15.2 Å². The largest absolute Gasteiger partial charge is 0.481 e. The van der Waals surface area contributed by atoms with E-state index in [2.05, 4.69) is 10.3 Å². The van der Waals surface area contributed by atoms with Gasteiger partial charge in [-0.25, -0.2) is 4.98 Å². The number of hydrogen-bond acceptors (Lipinski definition) is 5. The Morgan fingerprint density at radius 3 is 2.67 bits per heavy atom. The zero-order valence-electron chi connectivity index (χ0n) is 11.6. The van der Waals surface area contributed by atoms with Gasteiger partial charge in [0.25, 0.3) is 0 Å². The van der Waals surface area contributed by atoms with E-state index < -0.39 is 5.60 Å². The molecule has 0 bridgehead atoms. The van der Waals surface area contributed by atoms with Gasteiger partial charge < -0.3 is 20.1 Å². The molecule has 1 rings (SSSR count). The molecule has 0 aromatic carbocycles. The van der Waals surface area contributed by atoms with E-state index in [0.717, 1.165) is 5.56 Å². The van der Waals surface area contributed by atoms with Gasteiger partial charge in [-0.2, -0.15) is 0 Å². The molecule has 0 spiro atoms. The summed E-state index contributed by atoms with van der Waals surface area (Å²) in [6.45, 7) is 3.67. The lowest BCUT2D eigenvalue weighted by atomic mass is 10.1. The van der Waals surface area contributed by atoms with E-state index in [-0.39, 0.29) is 0 Å². The van der Waals surface area contributed by atoms with Crippen LogP contribution in [0.25, 0.3) is 0 Å². The van der Waals surface area contributed by atoms with Gasteiger partial charge in [-0.1, -0.05) is 6.07 Å². The van der Waals surface area contributed by atoms with Crippen LogP contribution in [0.5, 0.6) is 5.88 Å². The molecule has 0 saturated heterocycles. The summed E-state index contributed by atoms with van der Waals surface area (Å²) in [5, 5.41) is 13.3. The Labute approximate surface area is 109 Å². The summed E-state index contributed by atoms with van der Waals surface area (Å²) in [7, 11) is 5.49. The smallest absolute Gasteiger partial charge is 0.212 e. The summed E-state index contributed by atoms with van der Waals surface area (Å²) >= 11 is 0. The van der Waals surface area contributed by atoms with Crippen LogP contribution in [-0.2, 0) is 6.54 Å². The lowest BCUT2D eigenvalue weighted by molar-refractivity contribution is 0.0336. The van der Waals surface area contributed by atoms with Gasteiger partial charge in [0.05, 0.1) is 12.7 Å². The Balaban J connectivity index is 2.36. The number of hydrogen-bond donors (Lipinski definition) is 2. The van der Waals surface area contributed by atoms with Crippen LogP contribution < -0.4 is 10.1 Å². The molecule has 0 fully saturated rings. The Morgan fingerprint density at radius 1 is 1.44 bits per heavy atom. The molecule has 5 heteroatoms. The summed E-state index contributed by atoms with van der Waals surface area (Å²) in [5.41, 5.74) is 0.333. The first kappa shape index (κ1) is 14.9. The molecular formula is C13H23N3O2. The number of nitrogens with zero attached hydrogens (tertiary/aromatic N) is 2. The maximum Gasteiger partial charge on any atom is 0.212 e. The fourth-order valence-electron chi connectivity index (χ4n) is 1.85. The van der Waals surface area contributed by atoms with Gasteiger partial charge in [0.2, 0.25) is 5.88 Å². The number of nitrogens with one attached hydrogen (secondary N) is 1. The van der Waals surface area contributed by atoms with E-state index in [1.165, 1.54) is 0 Å². The highest BCUT2D eigenvalue weighted by Gasteiger charge is 2.20. The van der Waals surface area contributed by atoms with Crippen molar-refractivity contribution in [2.24, 2.45) is 0 Å². The topological polar surface area (TPSA) is 57.6 Å². The highest BCUT2D eigenvalue weighted by molar-refractivity contribution is 5.17. The number of rotatable bonds is 7. The Hall–Kier alpha value is -1.17. The van der Waals surface area contributed by atoms with Gasteiger partial charge in [-0.3, -0.25) is 0 Å².